The van der Waals surface area contributed by atoms with Gasteiger partial charge in [0, 0.05) is 19.6 Å². The highest BCUT2D eigenvalue weighted by Gasteiger charge is 2.58. The molecule has 4 unspecified atom stereocenters. The number of hydrogen-bond acceptors (Lipinski definition) is 4. The molecule has 1 heterocycles. The number of likely N-dealkylation sites (tertiary alicyclic amines) is 1. The van der Waals surface area contributed by atoms with Crippen LogP contribution in [0.5, 0.6) is 5.75 Å². The third kappa shape index (κ3) is 5.27. The van der Waals surface area contributed by atoms with Crippen molar-refractivity contribution in [2.45, 2.75) is 26.7 Å². The van der Waals surface area contributed by atoms with Crippen LogP contribution in [0.15, 0.2) is 41.4 Å². The van der Waals surface area contributed by atoms with Crippen LogP contribution in [-0.2, 0) is 9.59 Å². The Morgan fingerprint density at radius 1 is 1.09 bits per heavy atom. The Kier molecular flexibility index (Phi) is 8.56. The van der Waals surface area contributed by atoms with Crippen molar-refractivity contribution < 1.29 is 14.3 Å². The van der Waals surface area contributed by atoms with E-state index in [0.29, 0.717) is 38.6 Å². The zero-order valence-corrected chi connectivity index (χ0v) is 21.1. The lowest BCUT2D eigenvalue weighted by atomic mass is 9.85. The number of guanidine groups is 1. The van der Waals surface area contributed by atoms with Crippen molar-refractivity contribution in [1.29, 1.82) is 0 Å². The Balaban J connectivity index is 0.00000289. The van der Waals surface area contributed by atoms with Crippen LogP contribution in [0.3, 0.4) is 0 Å². The molecule has 1 saturated carbocycles. The monoisotopic (exact) mass is 552 g/mol. The molecular formula is C24H33IN4O3. The Labute approximate surface area is 207 Å². The number of fused-ring (bicyclic) bond motifs is 5. The summed E-state index contributed by atoms with van der Waals surface area (Å²) in [4.78, 5) is 31.5. The highest BCUT2D eigenvalue weighted by molar-refractivity contribution is 14.0. The maximum Gasteiger partial charge on any atom is 0.233 e. The average molecular weight is 552 g/mol. The van der Waals surface area contributed by atoms with E-state index in [9.17, 15) is 9.59 Å². The summed E-state index contributed by atoms with van der Waals surface area (Å²) in [5.41, 5.74) is 1.21. The molecule has 0 radical (unpaired) electrons. The number of carbonyl (C=O) groups excluding carboxylic acids is 2. The predicted octanol–water partition coefficient (Wildman–Crippen LogP) is 2.74. The highest BCUT2D eigenvalue weighted by atomic mass is 127. The molecule has 2 fully saturated rings. The van der Waals surface area contributed by atoms with Gasteiger partial charge in [-0.3, -0.25) is 19.5 Å². The Hall–Kier alpha value is -2.10. The van der Waals surface area contributed by atoms with E-state index in [4.69, 9.17) is 4.74 Å². The van der Waals surface area contributed by atoms with Crippen LogP contribution in [-0.4, -0.2) is 55.5 Å². The fraction of sp³-hybridized carbons (Fsp3) is 0.542. The van der Waals surface area contributed by atoms with Crippen molar-refractivity contribution in [2.24, 2.45) is 28.7 Å². The van der Waals surface area contributed by atoms with Crippen LogP contribution in [0.4, 0.5) is 0 Å². The molecule has 1 aromatic rings. The van der Waals surface area contributed by atoms with Gasteiger partial charge in [0.05, 0.1) is 18.4 Å². The van der Waals surface area contributed by atoms with Crippen molar-refractivity contribution in [2.75, 3.05) is 32.8 Å². The second-order valence-corrected chi connectivity index (χ2v) is 8.53. The number of aliphatic imine (C=N–C) groups is 1. The van der Waals surface area contributed by atoms with Crippen LogP contribution < -0.4 is 15.4 Å². The first kappa shape index (κ1) is 24.5. The van der Waals surface area contributed by atoms with Crippen molar-refractivity contribution in [3.8, 4) is 5.75 Å². The lowest BCUT2D eigenvalue weighted by Crippen LogP contribution is -2.39. The summed E-state index contributed by atoms with van der Waals surface area (Å²) in [7, 11) is 0. The summed E-state index contributed by atoms with van der Waals surface area (Å²) in [6.07, 6.45) is 5.88. The second-order valence-electron chi connectivity index (χ2n) is 8.53. The standard InChI is InChI=1S/C24H32N4O3.HI/c1-3-25-24(27-12-14-31-19-9-5-16(2)6-10-19)26-11-4-13-28-22(29)20-17-7-8-18(15-17)21(20)23(28)30;/h5-10,17-18,20-21H,3-4,11-15H2,1-2H3,(H2,25,26,27);1H. The number of imide groups is 1. The van der Waals surface area contributed by atoms with Gasteiger partial charge in [-0.15, -0.1) is 24.0 Å². The van der Waals surface area contributed by atoms with Crippen molar-refractivity contribution >= 4 is 41.8 Å². The van der Waals surface area contributed by atoms with Crippen LogP contribution in [0.25, 0.3) is 0 Å². The number of aryl methyl sites for hydroxylation is 1. The molecule has 3 aliphatic rings. The maximum atomic E-state index is 12.7. The molecular weight excluding hydrogens is 519 g/mol. The fourth-order valence-electron chi connectivity index (χ4n) is 4.92. The molecule has 8 heteroatoms. The zero-order chi connectivity index (χ0) is 21.8. The summed E-state index contributed by atoms with van der Waals surface area (Å²) in [5, 5.41) is 6.47. The molecule has 2 aliphatic carbocycles. The van der Waals surface area contributed by atoms with Crippen LogP contribution in [0.1, 0.15) is 25.3 Å². The molecule has 4 atom stereocenters. The molecule has 4 rings (SSSR count). The number of nitrogens with zero attached hydrogens (tertiary/aromatic N) is 2. The Bertz CT molecular complexity index is 841. The van der Waals surface area contributed by atoms with E-state index in [2.05, 4.69) is 27.8 Å². The lowest BCUT2D eigenvalue weighted by molar-refractivity contribution is -0.140. The minimum atomic E-state index is -0.112. The first-order chi connectivity index (χ1) is 15.1. The molecule has 1 aliphatic heterocycles. The van der Waals surface area contributed by atoms with Crippen molar-refractivity contribution in [3.63, 3.8) is 0 Å². The van der Waals surface area contributed by atoms with Crippen LogP contribution >= 0.6 is 24.0 Å². The van der Waals surface area contributed by atoms with Gasteiger partial charge in [0.1, 0.15) is 12.4 Å². The molecule has 0 spiro atoms. The maximum absolute atomic E-state index is 12.7. The number of benzene rings is 1. The average Bonchev–Trinajstić information content (AvgIpc) is 3.44. The third-order valence-corrected chi connectivity index (χ3v) is 6.40. The summed E-state index contributed by atoms with van der Waals surface area (Å²) in [6, 6.07) is 7.98. The Morgan fingerprint density at radius 2 is 1.75 bits per heavy atom. The van der Waals surface area contributed by atoms with Gasteiger partial charge in [0.2, 0.25) is 11.8 Å². The van der Waals surface area contributed by atoms with E-state index in [1.165, 1.54) is 10.5 Å². The molecule has 2 bridgehead atoms. The number of ether oxygens (including phenoxy) is 1. The van der Waals surface area contributed by atoms with Gasteiger partial charge in [0.15, 0.2) is 5.96 Å². The second kappa shape index (κ2) is 11.2. The summed E-state index contributed by atoms with van der Waals surface area (Å²) < 4.78 is 5.73. The first-order valence-electron chi connectivity index (χ1n) is 11.3. The van der Waals surface area contributed by atoms with E-state index < -0.39 is 0 Å². The quantitative estimate of drug-likeness (QED) is 0.123. The van der Waals surface area contributed by atoms with Crippen molar-refractivity contribution in [1.82, 2.24) is 15.5 Å². The fourth-order valence-corrected chi connectivity index (χ4v) is 4.92. The van der Waals surface area contributed by atoms with Gasteiger partial charge in [-0.2, -0.15) is 0 Å². The molecule has 7 nitrogen and oxygen atoms in total. The molecule has 32 heavy (non-hydrogen) atoms. The lowest BCUT2D eigenvalue weighted by Gasteiger charge is -2.17. The molecule has 2 N–H and O–H groups in total. The number of amides is 2. The van der Waals surface area contributed by atoms with E-state index in [1.807, 2.05) is 38.1 Å². The number of carbonyl (C=O) groups is 2. The summed E-state index contributed by atoms with van der Waals surface area (Å²) in [6.45, 7) is 6.98. The zero-order valence-electron chi connectivity index (χ0n) is 18.8. The smallest absolute Gasteiger partial charge is 0.233 e. The highest BCUT2D eigenvalue weighted by Crippen LogP contribution is 2.52. The van der Waals surface area contributed by atoms with Crippen LogP contribution in [0, 0.1) is 30.6 Å². The third-order valence-electron chi connectivity index (χ3n) is 6.40. The Morgan fingerprint density at radius 3 is 2.38 bits per heavy atom. The topological polar surface area (TPSA) is 83.0 Å². The van der Waals surface area contributed by atoms with Gasteiger partial charge in [-0.05, 0) is 50.7 Å². The number of hydrogen-bond donors (Lipinski definition) is 2. The van der Waals surface area contributed by atoms with Gasteiger partial charge in [0.25, 0.3) is 0 Å². The number of allylic oxidation sites excluding steroid dienone is 2. The van der Waals surface area contributed by atoms with Gasteiger partial charge >= 0.3 is 0 Å². The predicted molar refractivity (Wildman–Crippen MR) is 135 cm³/mol. The van der Waals surface area contributed by atoms with Gasteiger partial charge < -0.3 is 15.4 Å². The SMILES string of the molecule is CCNC(=NCCCN1C(=O)C2C3C=CC(C3)C2C1=O)NCCOc1ccc(C)cc1.I. The summed E-state index contributed by atoms with van der Waals surface area (Å²) >= 11 is 0. The van der Waals surface area contributed by atoms with E-state index in [0.717, 1.165) is 18.7 Å². The molecule has 174 valence electrons. The minimum absolute atomic E-state index is 0. The molecule has 1 saturated heterocycles. The normalized spacial score (nSPS) is 25.7. The number of halogens is 1. The van der Waals surface area contributed by atoms with Crippen molar-refractivity contribution in [3.05, 3.63) is 42.0 Å². The van der Waals surface area contributed by atoms with Crippen LogP contribution in [0.2, 0.25) is 0 Å². The van der Waals surface area contributed by atoms with Gasteiger partial charge in [-0.25, -0.2) is 0 Å². The van der Waals surface area contributed by atoms with Gasteiger partial charge in [-0.1, -0.05) is 29.8 Å². The van der Waals surface area contributed by atoms with E-state index in [1.54, 1.807) is 0 Å². The minimum Gasteiger partial charge on any atom is -0.492 e. The number of rotatable bonds is 9. The van der Waals surface area contributed by atoms with E-state index in [-0.39, 0.29) is 59.5 Å². The first-order valence-corrected chi connectivity index (χ1v) is 11.3. The summed E-state index contributed by atoms with van der Waals surface area (Å²) in [5.74, 6) is 1.92. The molecule has 1 aromatic carbocycles. The van der Waals surface area contributed by atoms with E-state index >= 15 is 0 Å². The largest absolute Gasteiger partial charge is 0.492 e. The number of nitrogens with one attached hydrogen (secondary N) is 2. The molecule has 0 aromatic heterocycles. The molecule has 2 amide bonds.